The Labute approximate surface area is 203 Å². The van der Waals surface area contributed by atoms with Crippen molar-refractivity contribution < 1.29 is 9.85 Å². The van der Waals surface area contributed by atoms with Crippen LogP contribution in [-0.4, -0.2) is 9.85 Å². The lowest BCUT2D eigenvalue weighted by Crippen LogP contribution is -1.89. The first-order chi connectivity index (χ1) is 15.8. The molecule has 0 saturated carbocycles. The van der Waals surface area contributed by atoms with E-state index >= 15 is 0 Å². The topological polar surface area (TPSA) is 86.3 Å². The molecule has 0 aliphatic carbocycles. The predicted molar refractivity (Wildman–Crippen MR) is 131 cm³/mol. The van der Waals surface area contributed by atoms with Gasteiger partial charge in [0.05, 0.1) is 19.9 Å². The van der Waals surface area contributed by atoms with Crippen LogP contribution in [0, 0.1) is 20.2 Å². The molecule has 0 radical (unpaired) electrons. The van der Waals surface area contributed by atoms with E-state index in [2.05, 4.69) is 0 Å². The summed E-state index contributed by atoms with van der Waals surface area (Å²) in [5.74, 6) is 0. The SMILES string of the molecule is O=[N+]([O-])c1ccc(-c2cccc(Sc3cccc(-c4ccc([N+](=O)[O-])cc4)c3Cl)c2Cl)cc1. The molecule has 6 nitrogen and oxygen atoms in total. The van der Waals surface area contributed by atoms with Crippen LogP contribution in [0.3, 0.4) is 0 Å². The number of nitrogens with zero attached hydrogens (tertiary/aromatic N) is 2. The first kappa shape index (κ1) is 22.8. The average Bonchev–Trinajstić information content (AvgIpc) is 2.82. The minimum atomic E-state index is -0.447. The lowest BCUT2D eigenvalue weighted by Gasteiger charge is -2.12. The summed E-state index contributed by atoms with van der Waals surface area (Å²) < 4.78 is 0. The fourth-order valence-electron chi connectivity index (χ4n) is 3.27. The fraction of sp³-hybridized carbons (Fsp3) is 0. The summed E-state index contributed by atoms with van der Waals surface area (Å²) in [6.07, 6.45) is 0. The van der Waals surface area contributed by atoms with Gasteiger partial charge in [-0.25, -0.2) is 0 Å². The molecule has 0 aliphatic rings. The Morgan fingerprint density at radius 1 is 0.576 bits per heavy atom. The highest BCUT2D eigenvalue weighted by Gasteiger charge is 2.15. The summed E-state index contributed by atoms with van der Waals surface area (Å²) in [7, 11) is 0. The highest BCUT2D eigenvalue weighted by Crippen LogP contribution is 2.43. The molecule has 0 fully saturated rings. The Balaban J connectivity index is 1.66. The van der Waals surface area contributed by atoms with Crippen molar-refractivity contribution in [3.8, 4) is 22.3 Å². The van der Waals surface area contributed by atoms with Gasteiger partial charge < -0.3 is 0 Å². The Kier molecular flexibility index (Phi) is 6.65. The molecule has 33 heavy (non-hydrogen) atoms. The summed E-state index contributed by atoms with van der Waals surface area (Å²) in [4.78, 5) is 22.5. The standard InChI is InChI=1S/C24H14Cl2N2O4S/c25-23-19(15-7-11-17(12-8-15)27(29)30)3-1-5-21(23)33-22-6-2-4-20(24(22)26)16-9-13-18(14-10-16)28(31)32/h1-14H. The van der Waals surface area contributed by atoms with Crippen LogP contribution in [0.25, 0.3) is 22.3 Å². The van der Waals surface area contributed by atoms with Crippen LogP contribution in [0.1, 0.15) is 0 Å². The third kappa shape index (κ3) is 4.85. The van der Waals surface area contributed by atoms with Gasteiger partial charge in [0.2, 0.25) is 0 Å². The number of halogens is 2. The van der Waals surface area contributed by atoms with E-state index in [4.69, 9.17) is 23.2 Å². The molecular formula is C24H14Cl2N2O4S. The molecule has 0 heterocycles. The normalized spacial score (nSPS) is 10.7. The number of rotatable bonds is 6. The lowest BCUT2D eigenvalue weighted by atomic mass is 10.1. The van der Waals surface area contributed by atoms with Gasteiger partial charge in [0.25, 0.3) is 11.4 Å². The van der Waals surface area contributed by atoms with Crippen molar-refractivity contribution in [3.05, 3.63) is 115 Å². The van der Waals surface area contributed by atoms with Gasteiger partial charge in [0.15, 0.2) is 0 Å². The first-order valence-corrected chi connectivity index (χ1v) is 11.2. The molecule has 0 unspecified atom stereocenters. The molecule has 0 amide bonds. The van der Waals surface area contributed by atoms with Crippen molar-refractivity contribution in [2.45, 2.75) is 9.79 Å². The van der Waals surface area contributed by atoms with E-state index in [0.717, 1.165) is 32.0 Å². The van der Waals surface area contributed by atoms with Gasteiger partial charge in [-0.2, -0.15) is 0 Å². The summed E-state index contributed by atoms with van der Waals surface area (Å²) in [6.45, 7) is 0. The zero-order valence-corrected chi connectivity index (χ0v) is 19.1. The number of hydrogen-bond acceptors (Lipinski definition) is 5. The van der Waals surface area contributed by atoms with Gasteiger partial charge in [-0.15, -0.1) is 0 Å². The molecule has 4 aromatic carbocycles. The molecule has 0 spiro atoms. The van der Waals surface area contributed by atoms with E-state index in [0.29, 0.717) is 10.0 Å². The van der Waals surface area contributed by atoms with Crippen LogP contribution in [-0.2, 0) is 0 Å². The second-order valence-corrected chi connectivity index (χ2v) is 8.79. The first-order valence-electron chi connectivity index (χ1n) is 9.59. The third-order valence-electron chi connectivity index (χ3n) is 4.92. The number of nitro groups is 2. The molecule has 0 bridgehead atoms. The highest BCUT2D eigenvalue weighted by molar-refractivity contribution is 7.99. The summed E-state index contributed by atoms with van der Waals surface area (Å²) in [5.41, 5.74) is 3.04. The van der Waals surface area contributed by atoms with E-state index in [1.807, 2.05) is 36.4 Å². The maximum atomic E-state index is 10.9. The quantitative estimate of drug-likeness (QED) is 0.198. The number of benzene rings is 4. The van der Waals surface area contributed by atoms with E-state index in [-0.39, 0.29) is 11.4 Å². The molecule has 0 atom stereocenters. The summed E-state index contributed by atoms with van der Waals surface area (Å²) in [6, 6.07) is 23.6. The Morgan fingerprint density at radius 2 is 0.939 bits per heavy atom. The van der Waals surface area contributed by atoms with Crippen molar-refractivity contribution in [1.82, 2.24) is 0 Å². The molecule has 9 heteroatoms. The van der Waals surface area contributed by atoms with E-state index < -0.39 is 9.85 Å². The van der Waals surface area contributed by atoms with E-state index in [1.165, 1.54) is 36.0 Å². The number of non-ortho nitro benzene ring substituents is 2. The van der Waals surface area contributed by atoms with Crippen LogP contribution >= 0.6 is 35.0 Å². The minimum absolute atomic E-state index is 0.00948. The lowest BCUT2D eigenvalue weighted by molar-refractivity contribution is -0.385. The van der Waals surface area contributed by atoms with Crippen LogP contribution in [0.15, 0.2) is 94.7 Å². The molecule has 0 aliphatic heterocycles. The third-order valence-corrected chi connectivity index (χ3v) is 7.08. The maximum absolute atomic E-state index is 10.9. The van der Waals surface area contributed by atoms with Gasteiger partial charge >= 0.3 is 0 Å². The second-order valence-electron chi connectivity index (χ2n) is 6.95. The Hall–Kier alpha value is -3.39. The van der Waals surface area contributed by atoms with Crippen molar-refractivity contribution in [2.75, 3.05) is 0 Å². The van der Waals surface area contributed by atoms with Crippen molar-refractivity contribution >= 4 is 46.3 Å². The molecular weight excluding hydrogens is 483 g/mol. The highest BCUT2D eigenvalue weighted by atomic mass is 35.5. The maximum Gasteiger partial charge on any atom is 0.269 e. The van der Waals surface area contributed by atoms with Crippen LogP contribution in [0.5, 0.6) is 0 Å². The largest absolute Gasteiger partial charge is 0.269 e. The van der Waals surface area contributed by atoms with E-state index in [1.54, 1.807) is 24.3 Å². The van der Waals surface area contributed by atoms with Gasteiger partial charge in [-0.05, 0) is 47.5 Å². The molecule has 4 rings (SSSR count). The molecule has 164 valence electrons. The number of hydrogen-bond donors (Lipinski definition) is 0. The molecule has 4 aromatic rings. The van der Waals surface area contributed by atoms with Gasteiger partial charge in [0.1, 0.15) is 0 Å². The Bertz CT molecular complexity index is 1260. The van der Waals surface area contributed by atoms with Crippen LogP contribution in [0.2, 0.25) is 10.0 Å². The number of nitro benzene ring substituents is 2. The van der Waals surface area contributed by atoms with Crippen LogP contribution < -0.4 is 0 Å². The van der Waals surface area contributed by atoms with E-state index in [9.17, 15) is 20.2 Å². The summed E-state index contributed by atoms with van der Waals surface area (Å²) >= 11 is 14.8. The molecule has 0 aromatic heterocycles. The minimum Gasteiger partial charge on any atom is -0.258 e. The van der Waals surface area contributed by atoms with Gasteiger partial charge in [-0.3, -0.25) is 20.2 Å². The zero-order chi connectivity index (χ0) is 23.5. The van der Waals surface area contributed by atoms with Crippen molar-refractivity contribution in [3.63, 3.8) is 0 Å². The smallest absolute Gasteiger partial charge is 0.258 e. The predicted octanol–water partition coefficient (Wildman–Crippen LogP) is 8.30. The average molecular weight is 497 g/mol. The molecule has 0 N–H and O–H groups in total. The van der Waals surface area contributed by atoms with Crippen molar-refractivity contribution in [1.29, 1.82) is 0 Å². The second kappa shape index (κ2) is 9.62. The van der Waals surface area contributed by atoms with Crippen LogP contribution in [0.4, 0.5) is 11.4 Å². The van der Waals surface area contributed by atoms with Crippen molar-refractivity contribution in [2.24, 2.45) is 0 Å². The Morgan fingerprint density at radius 3 is 1.27 bits per heavy atom. The summed E-state index contributed by atoms with van der Waals surface area (Å²) in [5, 5.41) is 22.8. The van der Waals surface area contributed by atoms with Gasteiger partial charge in [0, 0.05) is 45.2 Å². The monoisotopic (exact) mass is 496 g/mol. The molecule has 0 saturated heterocycles. The zero-order valence-electron chi connectivity index (χ0n) is 16.8. The fourth-order valence-corrected chi connectivity index (χ4v) is 4.90. The van der Waals surface area contributed by atoms with Gasteiger partial charge in [-0.1, -0.05) is 59.2 Å².